The highest BCUT2D eigenvalue weighted by atomic mass is 16.2. The normalized spacial score (nSPS) is 21.4. The number of para-hydroxylation sites is 1. The van der Waals surface area contributed by atoms with Gasteiger partial charge in [-0.1, -0.05) is 25.1 Å². The number of piperidine rings is 1. The molecule has 5 heteroatoms. The van der Waals surface area contributed by atoms with E-state index in [0.29, 0.717) is 12.8 Å². The summed E-state index contributed by atoms with van der Waals surface area (Å²) in [7, 11) is 0. The van der Waals surface area contributed by atoms with Gasteiger partial charge in [0.1, 0.15) is 0 Å². The van der Waals surface area contributed by atoms with Gasteiger partial charge < -0.3 is 0 Å². The average molecular weight is 257 g/mol. The highest BCUT2D eigenvalue weighted by molar-refractivity contribution is 5.99. The van der Waals surface area contributed by atoms with Crippen LogP contribution in [0.25, 0.3) is 10.9 Å². The van der Waals surface area contributed by atoms with Crippen LogP contribution in [0.15, 0.2) is 24.3 Å². The summed E-state index contributed by atoms with van der Waals surface area (Å²) < 4.78 is 0. The minimum absolute atomic E-state index is 0.00995. The molecule has 1 aliphatic heterocycles. The lowest BCUT2D eigenvalue weighted by Crippen LogP contribution is -2.42. The number of nitrogens with zero attached hydrogens (tertiary/aromatic N) is 1. The molecule has 1 aliphatic rings. The molecule has 19 heavy (non-hydrogen) atoms. The number of hydrogen-bond acceptors (Lipinski definition) is 3. The summed E-state index contributed by atoms with van der Waals surface area (Å²) in [5.74, 6) is -0.565. The van der Waals surface area contributed by atoms with E-state index in [1.165, 1.54) is 0 Å². The maximum Gasteiger partial charge on any atom is 0.230 e. The van der Waals surface area contributed by atoms with Crippen LogP contribution in [0.5, 0.6) is 0 Å². The number of carbonyl (C=O) groups is 2. The molecule has 2 unspecified atom stereocenters. The number of amides is 2. The number of fused-ring (bicyclic) bond motifs is 1. The number of H-pyrrole nitrogens is 1. The summed E-state index contributed by atoms with van der Waals surface area (Å²) in [6.45, 7) is 1.99. The van der Waals surface area contributed by atoms with Gasteiger partial charge in [0, 0.05) is 23.6 Å². The molecule has 0 aliphatic carbocycles. The second kappa shape index (κ2) is 4.50. The van der Waals surface area contributed by atoms with Crippen molar-refractivity contribution in [3.63, 3.8) is 0 Å². The van der Waals surface area contributed by atoms with Gasteiger partial charge in [0.15, 0.2) is 0 Å². The van der Waals surface area contributed by atoms with E-state index in [9.17, 15) is 9.59 Å². The molecule has 1 aromatic carbocycles. The number of imide groups is 1. The first-order valence-electron chi connectivity index (χ1n) is 6.43. The van der Waals surface area contributed by atoms with Crippen molar-refractivity contribution >= 4 is 22.7 Å². The van der Waals surface area contributed by atoms with E-state index >= 15 is 0 Å². The fourth-order valence-corrected chi connectivity index (χ4v) is 2.71. The number of carbonyl (C=O) groups excluding carboxylic acids is 2. The summed E-state index contributed by atoms with van der Waals surface area (Å²) in [6.07, 6.45) is 0.996. The summed E-state index contributed by atoms with van der Waals surface area (Å²) in [5.41, 5.74) is 1.86. The molecule has 0 bridgehead atoms. The summed E-state index contributed by atoms with van der Waals surface area (Å²) >= 11 is 0. The van der Waals surface area contributed by atoms with Crippen molar-refractivity contribution in [2.75, 3.05) is 0 Å². The average Bonchev–Trinajstić information content (AvgIpc) is 2.82. The van der Waals surface area contributed by atoms with Crippen molar-refractivity contribution in [3.05, 3.63) is 30.0 Å². The highest BCUT2D eigenvalue weighted by Crippen LogP contribution is 2.32. The van der Waals surface area contributed by atoms with Crippen molar-refractivity contribution in [1.82, 2.24) is 15.5 Å². The Morgan fingerprint density at radius 2 is 2.11 bits per heavy atom. The Kier molecular flexibility index (Phi) is 2.81. The molecule has 2 heterocycles. The van der Waals surface area contributed by atoms with Crippen molar-refractivity contribution in [3.8, 4) is 0 Å². The quantitative estimate of drug-likeness (QED) is 0.804. The predicted octanol–water partition coefficient (Wildman–Crippen LogP) is 1.72. The van der Waals surface area contributed by atoms with E-state index in [1.807, 2.05) is 31.2 Å². The van der Waals surface area contributed by atoms with Gasteiger partial charge in [-0.2, -0.15) is 5.10 Å². The highest BCUT2D eigenvalue weighted by Gasteiger charge is 2.33. The lowest BCUT2D eigenvalue weighted by atomic mass is 9.83. The minimum Gasteiger partial charge on any atom is -0.296 e. The first kappa shape index (κ1) is 11.9. The molecular formula is C14H15N3O2. The Balaban J connectivity index is 1.93. The number of hydrogen-bond donors (Lipinski definition) is 2. The number of benzene rings is 1. The third kappa shape index (κ3) is 2.01. The summed E-state index contributed by atoms with van der Waals surface area (Å²) in [4.78, 5) is 23.1. The summed E-state index contributed by atoms with van der Waals surface area (Å²) in [5, 5.41) is 10.8. The molecule has 2 amide bonds. The molecule has 0 saturated carbocycles. The fraction of sp³-hybridized carbons (Fsp3) is 0.357. The van der Waals surface area contributed by atoms with E-state index in [-0.39, 0.29) is 23.7 Å². The molecule has 1 aromatic heterocycles. The van der Waals surface area contributed by atoms with Crippen LogP contribution in [-0.4, -0.2) is 22.0 Å². The second-order valence-electron chi connectivity index (χ2n) is 5.00. The van der Waals surface area contributed by atoms with Crippen LogP contribution in [-0.2, 0) is 9.59 Å². The first-order valence-corrected chi connectivity index (χ1v) is 6.43. The Hall–Kier alpha value is -2.17. The van der Waals surface area contributed by atoms with Crippen molar-refractivity contribution in [1.29, 1.82) is 0 Å². The molecule has 0 spiro atoms. The minimum atomic E-state index is -0.190. The molecule has 5 nitrogen and oxygen atoms in total. The molecule has 98 valence electrons. The van der Waals surface area contributed by atoms with Gasteiger partial charge in [0.2, 0.25) is 11.8 Å². The lowest BCUT2D eigenvalue weighted by molar-refractivity contribution is -0.136. The van der Waals surface area contributed by atoms with Crippen LogP contribution in [0.2, 0.25) is 0 Å². The maximum absolute atomic E-state index is 11.9. The van der Waals surface area contributed by atoms with Crippen molar-refractivity contribution in [2.45, 2.75) is 25.7 Å². The topological polar surface area (TPSA) is 74.8 Å². The number of aromatic amines is 1. The monoisotopic (exact) mass is 257 g/mol. The summed E-state index contributed by atoms with van der Waals surface area (Å²) in [6, 6.07) is 7.86. The maximum atomic E-state index is 11.9. The second-order valence-corrected chi connectivity index (χ2v) is 5.00. The predicted molar refractivity (Wildman–Crippen MR) is 70.4 cm³/mol. The zero-order valence-corrected chi connectivity index (χ0v) is 10.6. The third-order valence-corrected chi connectivity index (χ3v) is 3.82. The van der Waals surface area contributed by atoms with Crippen LogP contribution in [0, 0.1) is 5.92 Å². The molecule has 3 rings (SSSR count). The number of aromatic nitrogens is 2. The van der Waals surface area contributed by atoms with Gasteiger partial charge in [-0.05, 0) is 12.5 Å². The van der Waals surface area contributed by atoms with E-state index in [4.69, 9.17) is 0 Å². The molecule has 1 saturated heterocycles. The molecule has 2 aromatic rings. The van der Waals surface area contributed by atoms with Crippen molar-refractivity contribution in [2.24, 2.45) is 5.92 Å². The zero-order chi connectivity index (χ0) is 13.4. The zero-order valence-electron chi connectivity index (χ0n) is 10.6. The van der Waals surface area contributed by atoms with Gasteiger partial charge in [-0.15, -0.1) is 0 Å². The first-order chi connectivity index (χ1) is 9.16. The van der Waals surface area contributed by atoms with Gasteiger partial charge in [-0.25, -0.2) is 0 Å². The number of nitrogens with one attached hydrogen (secondary N) is 2. The third-order valence-electron chi connectivity index (χ3n) is 3.82. The fourth-order valence-electron chi connectivity index (χ4n) is 2.71. The van der Waals surface area contributed by atoms with E-state index in [1.54, 1.807) is 0 Å². The molecule has 2 N–H and O–H groups in total. The Morgan fingerprint density at radius 3 is 2.89 bits per heavy atom. The van der Waals surface area contributed by atoms with Crippen LogP contribution < -0.4 is 5.32 Å². The van der Waals surface area contributed by atoms with E-state index in [0.717, 1.165) is 16.6 Å². The molecule has 2 atom stereocenters. The standard InChI is InChI=1S/C14H15N3O2/c1-8(9-6-7-12(18)15-14(9)19)13-10-4-2-3-5-11(10)16-17-13/h2-5,8-9H,6-7H2,1H3,(H,16,17)(H,15,18,19). The van der Waals surface area contributed by atoms with E-state index < -0.39 is 0 Å². The van der Waals surface area contributed by atoms with Crippen LogP contribution in [0.4, 0.5) is 0 Å². The Bertz CT molecular complexity index is 647. The largest absolute Gasteiger partial charge is 0.296 e. The lowest BCUT2D eigenvalue weighted by Gasteiger charge is -2.25. The van der Waals surface area contributed by atoms with Gasteiger partial charge >= 0.3 is 0 Å². The Morgan fingerprint density at radius 1 is 1.32 bits per heavy atom. The molecule has 0 radical (unpaired) electrons. The smallest absolute Gasteiger partial charge is 0.230 e. The number of rotatable bonds is 2. The van der Waals surface area contributed by atoms with Gasteiger partial charge in [-0.3, -0.25) is 20.0 Å². The van der Waals surface area contributed by atoms with Crippen LogP contribution in [0.1, 0.15) is 31.4 Å². The van der Waals surface area contributed by atoms with Crippen LogP contribution >= 0.6 is 0 Å². The van der Waals surface area contributed by atoms with Gasteiger partial charge in [0.25, 0.3) is 0 Å². The SMILES string of the molecule is CC(c1n[nH]c2ccccc12)C1CCC(=O)NC1=O. The molecule has 1 fully saturated rings. The van der Waals surface area contributed by atoms with E-state index in [2.05, 4.69) is 15.5 Å². The van der Waals surface area contributed by atoms with Gasteiger partial charge in [0.05, 0.1) is 11.2 Å². The Labute approximate surface area is 110 Å². The van der Waals surface area contributed by atoms with Crippen LogP contribution in [0.3, 0.4) is 0 Å². The molecular weight excluding hydrogens is 242 g/mol. The van der Waals surface area contributed by atoms with Crippen molar-refractivity contribution < 1.29 is 9.59 Å².